The number of hydrogen-bond acceptors (Lipinski definition) is 4. The van der Waals surface area contributed by atoms with Crippen molar-refractivity contribution in [2.24, 2.45) is 5.92 Å². The molecule has 1 aliphatic heterocycles. The van der Waals surface area contributed by atoms with Crippen molar-refractivity contribution in [1.82, 2.24) is 10.6 Å². The van der Waals surface area contributed by atoms with Gasteiger partial charge in [0.1, 0.15) is 0 Å². The first-order valence-electron chi connectivity index (χ1n) is 8.70. The molecule has 1 fully saturated rings. The fourth-order valence-electron chi connectivity index (χ4n) is 3.14. The van der Waals surface area contributed by atoms with Crippen molar-refractivity contribution in [3.05, 3.63) is 23.8 Å². The van der Waals surface area contributed by atoms with Gasteiger partial charge < -0.3 is 20.1 Å². The number of benzene rings is 1. The lowest BCUT2D eigenvalue weighted by atomic mass is 9.83. The summed E-state index contributed by atoms with van der Waals surface area (Å²) in [6.45, 7) is 6.78. The Kier molecular flexibility index (Phi) is 6.49. The molecule has 1 heterocycles. The van der Waals surface area contributed by atoms with Crippen molar-refractivity contribution in [2.75, 3.05) is 33.9 Å². The van der Waals surface area contributed by atoms with E-state index < -0.39 is 5.41 Å². The molecule has 1 amide bonds. The maximum Gasteiger partial charge on any atom is 0.230 e. The second kappa shape index (κ2) is 8.38. The van der Waals surface area contributed by atoms with Gasteiger partial charge in [-0.15, -0.1) is 0 Å². The van der Waals surface area contributed by atoms with Gasteiger partial charge in [-0.25, -0.2) is 0 Å². The summed E-state index contributed by atoms with van der Waals surface area (Å²) >= 11 is 0. The van der Waals surface area contributed by atoms with E-state index in [1.807, 2.05) is 32.0 Å². The molecule has 5 nitrogen and oxygen atoms in total. The molecule has 0 spiro atoms. The molecule has 5 heteroatoms. The predicted octanol–water partition coefficient (Wildman–Crippen LogP) is 2.49. The molecule has 1 atom stereocenters. The van der Waals surface area contributed by atoms with Gasteiger partial charge in [0.2, 0.25) is 5.91 Å². The molecule has 24 heavy (non-hydrogen) atoms. The van der Waals surface area contributed by atoms with Crippen LogP contribution in [-0.2, 0) is 10.2 Å². The van der Waals surface area contributed by atoms with E-state index in [4.69, 9.17) is 9.47 Å². The lowest BCUT2D eigenvalue weighted by molar-refractivity contribution is -0.125. The van der Waals surface area contributed by atoms with E-state index in [0.29, 0.717) is 17.4 Å². The van der Waals surface area contributed by atoms with Gasteiger partial charge in [0.25, 0.3) is 0 Å². The van der Waals surface area contributed by atoms with E-state index in [9.17, 15) is 4.79 Å². The SMILES string of the molecule is COc1ccc(C(C)(C)C(=O)NCCC2CCCNC2)cc1OC. The van der Waals surface area contributed by atoms with E-state index >= 15 is 0 Å². The van der Waals surface area contributed by atoms with Crippen LogP contribution in [0.25, 0.3) is 0 Å². The van der Waals surface area contributed by atoms with Crippen molar-refractivity contribution < 1.29 is 14.3 Å². The Morgan fingerprint density at radius 3 is 2.67 bits per heavy atom. The van der Waals surface area contributed by atoms with Crippen molar-refractivity contribution in [3.8, 4) is 11.5 Å². The number of nitrogens with one attached hydrogen (secondary N) is 2. The van der Waals surface area contributed by atoms with Crippen LogP contribution < -0.4 is 20.1 Å². The van der Waals surface area contributed by atoms with Crippen LogP contribution in [0.4, 0.5) is 0 Å². The summed E-state index contributed by atoms with van der Waals surface area (Å²) in [6.07, 6.45) is 3.51. The number of hydrogen-bond donors (Lipinski definition) is 2. The quantitative estimate of drug-likeness (QED) is 0.804. The van der Waals surface area contributed by atoms with Gasteiger partial charge >= 0.3 is 0 Å². The van der Waals surface area contributed by atoms with Crippen molar-refractivity contribution in [2.45, 2.75) is 38.5 Å². The van der Waals surface area contributed by atoms with Gasteiger partial charge in [-0.2, -0.15) is 0 Å². The highest BCUT2D eigenvalue weighted by Crippen LogP contribution is 2.33. The molecule has 1 unspecified atom stereocenters. The molecule has 1 saturated heterocycles. The Bertz CT molecular complexity index is 552. The maximum atomic E-state index is 12.7. The summed E-state index contributed by atoms with van der Waals surface area (Å²) in [6, 6.07) is 5.65. The van der Waals surface area contributed by atoms with Gasteiger partial charge in [-0.1, -0.05) is 6.07 Å². The number of amides is 1. The minimum Gasteiger partial charge on any atom is -0.493 e. The number of carbonyl (C=O) groups is 1. The molecule has 2 N–H and O–H groups in total. The van der Waals surface area contributed by atoms with E-state index in [-0.39, 0.29) is 5.91 Å². The van der Waals surface area contributed by atoms with Crippen LogP contribution in [0.5, 0.6) is 11.5 Å². The Balaban J connectivity index is 1.96. The minimum absolute atomic E-state index is 0.0403. The standard InChI is InChI=1S/C19H30N2O3/c1-19(2,15-7-8-16(23-3)17(12-15)24-4)18(22)21-11-9-14-6-5-10-20-13-14/h7-8,12,14,20H,5-6,9-11,13H2,1-4H3,(H,21,22). The van der Waals surface area contributed by atoms with Crippen LogP contribution >= 0.6 is 0 Å². The highest BCUT2D eigenvalue weighted by atomic mass is 16.5. The van der Waals surface area contributed by atoms with Crippen LogP contribution in [0, 0.1) is 5.92 Å². The molecule has 0 aliphatic carbocycles. The molecule has 1 aromatic rings. The monoisotopic (exact) mass is 334 g/mol. The van der Waals surface area contributed by atoms with E-state index in [2.05, 4.69) is 10.6 Å². The second-order valence-corrected chi connectivity index (χ2v) is 6.95. The van der Waals surface area contributed by atoms with Crippen molar-refractivity contribution >= 4 is 5.91 Å². The number of rotatable bonds is 7. The van der Waals surface area contributed by atoms with E-state index in [1.54, 1.807) is 14.2 Å². The average Bonchev–Trinajstić information content (AvgIpc) is 2.61. The van der Waals surface area contributed by atoms with Gasteiger partial charge in [0.05, 0.1) is 19.6 Å². The summed E-state index contributed by atoms with van der Waals surface area (Å²) in [5.41, 5.74) is 0.293. The van der Waals surface area contributed by atoms with Gasteiger partial charge in [-0.3, -0.25) is 4.79 Å². The van der Waals surface area contributed by atoms with E-state index in [1.165, 1.54) is 12.8 Å². The van der Waals surface area contributed by atoms with Gasteiger partial charge in [-0.05, 0) is 69.8 Å². The number of piperidine rings is 1. The lowest BCUT2D eigenvalue weighted by Gasteiger charge is -2.27. The largest absolute Gasteiger partial charge is 0.493 e. The normalized spacial score (nSPS) is 18.1. The fourth-order valence-corrected chi connectivity index (χ4v) is 3.14. The van der Waals surface area contributed by atoms with Crippen LogP contribution in [0.2, 0.25) is 0 Å². The molecule has 0 aromatic heterocycles. The Hall–Kier alpha value is -1.75. The highest BCUT2D eigenvalue weighted by molar-refractivity contribution is 5.87. The smallest absolute Gasteiger partial charge is 0.230 e. The molecule has 0 bridgehead atoms. The predicted molar refractivity (Wildman–Crippen MR) is 95.8 cm³/mol. The second-order valence-electron chi connectivity index (χ2n) is 6.95. The van der Waals surface area contributed by atoms with Crippen molar-refractivity contribution in [1.29, 1.82) is 0 Å². The molecular formula is C19H30N2O3. The zero-order chi connectivity index (χ0) is 17.6. The first-order chi connectivity index (χ1) is 11.5. The molecule has 2 rings (SSSR count). The first-order valence-corrected chi connectivity index (χ1v) is 8.70. The summed E-state index contributed by atoms with van der Waals surface area (Å²) in [7, 11) is 3.21. The Labute approximate surface area is 145 Å². The van der Waals surface area contributed by atoms with Crippen molar-refractivity contribution in [3.63, 3.8) is 0 Å². The highest BCUT2D eigenvalue weighted by Gasteiger charge is 2.30. The Morgan fingerprint density at radius 2 is 2.04 bits per heavy atom. The lowest BCUT2D eigenvalue weighted by Crippen LogP contribution is -2.41. The molecular weight excluding hydrogens is 304 g/mol. The third-order valence-corrected chi connectivity index (χ3v) is 4.91. The zero-order valence-electron chi connectivity index (χ0n) is 15.3. The van der Waals surface area contributed by atoms with Crippen LogP contribution in [0.3, 0.4) is 0 Å². The molecule has 1 aliphatic rings. The number of ether oxygens (including phenoxy) is 2. The van der Waals surface area contributed by atoms with E-state index in [0.717, 1.165) is 31.6 Å². The molecule has 134 valence electrons. The molecule has 1 aromatic carbocycles. The number of methoxy groups -OCH3 is 2. The Morgan fingerprint density at radius 1 is 1.29 bits per heavy atom. The summed E-state index contributed by atoms with van der Waals surface area (Å²) < 4.78 is 10.6. The molecule has 0 saturated carbocycles. The first kappa shape index (κ1) is 18.6. The maximum absolute atomic E-state index is 12.7. The topological polar surface area (TPSA) is 59.6 Å². The minimum atomic E-state index is -0.621. The summed E-state index contributed by atoms with van der Waals surface area (Å²) in [5.74, 6) is 2.02. The third-order valence-electron chi connectivity index (χ3n) is 4.91. The average molecular weight is 334 g/mol. The third kappa shape index (κ3) is 4.41. The zero-order valence-corrected chi connectivity index (χ0v) is 15.3. The van der Waals surface area contributed by atoms with Gasteiger partial charge in [0.15, 0.2) is 11.5 Å². The van der Waals surface area contributed by atoms with Crippen LogP contribution in [-0.4, -0.2) is 39.8 Å². The summed E-state index contributed by atoms with van der Waals surface area (Å²) in [4.78, 5) is 12.7. The fraction of sp³-hybridized carbons (Fsp3) is 0.632. The van der Waals surface area contributed by atoms with Crippen LogP contribution in [0.1, 0.15) is 38.7 Å². The van der Waals surface area contributed by atoms with Gasteiger partial charge in [0, 0.05) is 6.54 Å². The van der Waals surface area contributed by atoms with Crippen LogP contribution in [0.15, 0.2) is 18.2 Å². The summed E-state index contributed by atoms with van der Waals surface area (Å²) in [5, 5.41) is 6.51. The molecule has 0 radical (unpaired) electrons. The number of carbonyl (C=O) groups excluding carboxylic acids is 1.